The maximum Gasteiger partial charge on any atom is -0.0344 e. The van der Waals surface area contributed by atoms with Gasteiger partial charge in [-0.15, -0.1) is 0 Å². The fraction of sp³-hybridized carbons (Fsp3) is 1.00. The zero-order valence-corrected chi connectivity index (χ0v) is 27.7. The molecule has 0 N–H and O–H groups in total. The van der Waals surface area contributed by atoms with Crippen molar-refractivity contribution in [2.75, 3.05) is 0 Å². The van der Waals surface area contributed by atoms with Crippen LogP contribution in [0, 0.1) is 49.7 Å². The monoisotopic (exact) mass is 491 g/mol. The number of hydrogen-bond acceptors (Lipinski definition) is 0. The lowest BCUT2D eigenvalue weighted by Gasteiger charge is -2.49. The van der Waals surface area contributed by atoms with Crippen molar-refractivity contribution in [3.05, 3.63) is 0 Å². The van der Waals surface area contributed by atoms with Crippen LogP contribution in [0.25, 0.3) is 0 Å². The van der Waals surface area contributed by atoms with Gasteiger partial charge in [0.2, 0.25) is 0 Å². The Morgan fingerprint density at radius 1 is 0.400 bits per heavy atom. The molecule has 0 aromatic carbocycles. The van der Waals surface area contributed by atoms with E-state index in [1.54, 1.807) is 0 Å². The van der Waals surface area contributed by atoms with Crippen molar-refractivity contribution in [2.45, 2.75) is 175 Å². The molecule has 0 spiro atoms. The molecule has 3 saturated carbocycles. The zero-order valence-electron chi connectivity index (χ0n) is 27.7. The lowest BCUT2D eigenvalue weighted by molar-refractivity contribution is 0.0203. The minimum absolute atomic E-state index is 0.547. The molecular weight excluding hydrogens is 420 g/mol. The van der Waals surface area contributed by atoms with Crippen LogP contribution in [0.1, 0.15) is 175 Å². The van der Waals surface area contributed by atoms with E-state index < -0.39 is 0 Å². The Bertz CT molecular complexity index is 574. The zero-order chi connectivity index (χ0) is 27.7. The highest BCUT2D eigenvalue weighted by atomic mass is 14.5. The van der Waals surface area contributed by atoms with Crippen molar-refractivity contribution >= 4 is 0 Å². The first kappa shape index (κ1) is 33.0. The van der Waals surface area contributed by atoms with E-state index in [1.807, 2.05) is 0 Å². The van der Waals surface area contributed by atoms with Crippen LogP contribution in [-0.4, -0.2) is 0 Å². The van der Waals surface area contributed by atoms with Gasteiger partial charge in [-0.25, -0.2) is 0 Å². The van der Waals surface area contributed by atoms with Gasteiger partial charge in [-0.3, -0.25) is 0 Å². The first-order valence-electron chi connectivity index (χ1n) is 15.3. The van der Waals surface area contributed by atoms with E-state index in [4.69, 9.17) is 0 Å². The van der Waals surface area contributed by atoms with Gasteiger partial charge in [-0.2, -0.15) is 0 Å². The second kappa shape index (κ2) is 11.0. The van der Waals surface area contributed by atoms with Crippen molar-refractivity contribution in [2.24, 2.45) is 49.7 Å². The van der Waals surface area contributed by atoms with Gasteiger partial charge in [-0.1, -0.05) is 117 Å². The first-order chi connectivity index (χ1) is 15.3. The molecule has 0 amide bonds. The van der Waals surface area contributed by atoms with E-state index in [9.17, 15) is 0 Å². The third kappa shape index (κ3) is 12.9. The van der Waals surface area contributed by atoms with Crippen LogP contribution in [0.3, 0.4) is 0 Å². The molecule has 3 rings (SSSR count). The van der Waals surface area contributed by atoms with Gasteiger partial charge >= 0.3 is 0 Å². The second-order valence-electron chi connectivity index (χ2n) is 19.2. The van der Waals surface area contributed by atoms with Gasteiger partial charge in [0, 0.05) is 0 Å². The highest BCUT2D eigenvalue weighted by molar-refractivity contribution is 4.93. The number of hydrogen-bond donors (Lipinski definition) is 0. The van der Waals surface area contributed by atoms with E-state index in [0.717, 1.165) is 11.8 Å². The lowest BCUT2D eigenvalue weighted by atomic mass is 9.56. The second-order valence-corrected chi connectivity index (χ2v) is 19.2. The fourth-order valence-corrected chi connectivity index (χ4v) is 10.8. The Kier molecular flexibility index (Phi) is 10.4. The molecule has 210 valence electrons. The van der Waals surface area contributed by atoms with Crippen molar-refractivity contribution in [1.82, 2.24) is 0 Å². The molecule has 0 heteroatoms. The quantitative estimate of drug-likeness (QED) is 0.343. The Hall–Kier alpha value is 0. The third-order valence-corrected chi connectivity index (χ3v) is 8.85. The molecule has 3 fully saturated rings. The molecule has 0 heterocycles. The summed E-state index contributed by atoms with van der Waals surface area (Å²) in [6.07, 6.45) is 14.0. The summed E-state index contributed by atoms with van der Waals surface area (Å²) in [7, 11) is 0. The largest absolute Gasteiger partial charge is 0.0651 e. The van der Waals surface area contributed by atoms with Crippen LogP contribution in [0.4, 0.5) is 0 Å². The summed E-state index contributed by atoms with van der Waals surface area (Å²) in [6.45, 7) is 38.5. The van der Waals surface area contributed by atoms with Crippen LogP contribution in [0.2, 0.25) is 0 Å². The molecule has 0 unspecified atom stereocenters. The van der Waals surface area contributed by atoms with Crippen molar-refractivity contribution in [3.8, 4) is 0 Å². The maximum absolute atomic E-state index is 2.43. The minimum atomic E-state index is 0.547. The Labute approximate surface area is 224 Å². The molecule has 0 aromatic rings. The summed E-state index contributed by atoms with van der Waals surface area (Å²) in [6, 6.07) is 0. The molecule has 0 nitrogen and oxygen atoms in total. The average molecular weight is 491 g/mol. The van der Waals surface area contributed by atoms with Gasteiger partial charge in [0.1, 0.15) is 0 Å². The normalized spacial score (nSPS) is 30.2. The highest BCUT2D eigenvalue weighted by Gasteiger charge is 2.42. The molecule has 0 aromatic heterocycles. The van der Waals surface area contributed by atoms with Crippen molar-refractivity contribution in [1.29, 1.82) is 0 Å². The summed E-state index contributed by atoms with van der Waals surface area (Å²) in [4.78, 5) is 0. The SMILES string of the molecule is CC1(C)CC(C)(C)CC(C)(C)C1.CC1CC(C)(C)CC(C)(C)C1.CCC1CC(C)(C)CC(C)(C)C1. The predicted octanol–water partition coefficient (Wildman–Crippen LogP) is 12.4. The Morgan fingerprint density at radius 3 is 0.857 bits per heavy atom. The molecular formula is C35H70. The van der Waals surface area contributed by atoms with Crippen LogP contribution in [0.5, 0.6) is 0 Å². The van der Waals surface area contributed by atoms with Crippen LogP contribution < -0.4 is 0 Å². The summed E-state index contributed by atoms with van der Waals surface area (Å²) in [5.74, 6) is 1.90. The minimum Gasteiger partial charge on any atom is -0.0651 e. The van der Waals surface area contributed by atoms with E-state index in [0.29, 0.717) is 37.9 Å². The maximum atomic E-state index is 2.43. The first-order valence-corrected chi connectivity index (χ1v) is 15.3. The van der Waals surface area contributed by atoms with Crippen molar-refractivity contribution < 1.29 is 0 Å². The van der Waals surface area contributed by atoms with Gasteiger partial charge in [0.05, 0.1) is 0 Å². The van der Waals surface area contributed by atoms with Gasteiger partial charge in [-0.05, 0) is 108 Å². The average Bonchev–Trinajstić information content (AvgIpc) is 2.44. The molecule has 0 saturated heterocycles. The van der Waals surface area contributed by atoms with Crippen LogP contribution >= 0.6 is 0 Å². The third-order valence-electron chi connectivity index (χ3n) is 8.85. The summed E-state index contributed by atoms with van der Waals surface area (Å²) in [5.41, 5.74) is 3.98. The molecule has 35 heavy (non-hydrogen) atoms. The summed E-state index contributed by atoms with van der Waals surface area (Å²) in [5, 5.41) is 0. The van der Waals surface area contributed by atoms with Crippen molar-refractivity contribution in [3.63, 3.8) is 0 Å². The van der Waals surface area contributed by atoms with E-state index >= 15 is 0 Å². The fourth-order valence-electron chi connectivity index (χ4n) is 10.8. The van der Waals surface area contributed by atoms with Gasteiger partial charge < -0.3 is 0 Å². The van der Waals surface area contributed by atoms with E-state index in [-0.39, 0.29) is 0 Å². The summed E-state index contributed by atoms with van der Waals surface area (Å²) < 4.78 is 0. The van der Waals surface area contributed by atoms with Crippen LogP contribution in [0.15, 0.2) is 0 Å². The summed E-state index contributed by atoms with van der Waals surface area (Å²) >= 11 is 0. The topological polar surface area (TPSA) is 0 Å². The Balaban J connectivity index is 0.000000263. The molecule has 0 aliphatic heterocycles. The highest BCUT2D eigenvalue weighted by Crippen LogP contribution is 2.53. The molecule has 3 aliphatic carbocycles. The number of rotatable bonds is 1. The smallest absolute Gasteiger partial charge is 0.0344 e. The predicted molar refractivity (Wildman–Crippen MR) is 161 cm³/mol. The van der Waals surface area contributed by atoms with E-state index in [1.165, 1.54) is 64.2 Å². The van der Waals surface area contributed by atoms with Gasteiger partial charge in [0.25, 0.3) is 0 Å². The van der Waals surface area contributed by atoms with Crippen LogP contribution in [-0.2, 0) is 0 Å². The van der Waals surface area contributed by atoms with Gasteiger partial charge in [0.15, 0.2) is 0 Å². The lowest BCUT2D eigenvalue weighted by Crippen LogP contribution is -2.38. The molecule has 3 aliphatic rings. The molecule has 0 bridgehead atoms. The Morgan fingerprint density at radius 2 is 0.629 bits per heavy atom. The molecule has 0 radical (unpaired) electrons. The van der Waals surface area contributed by atoms with E-state index in [2.05, 4.69) is 111 Å². The molecule has 0 atom stereocenters. The standard InChI is InChI=1S/2C12H24.C11H22/c1-10(2)7-11(3,4)9-12(5,6)8-10;1-6-10-7-11(2,3)9-12(4,5)8-10;1-9-6-10(2,3)8-11(4,5)7-9/h7-9H2,1-6H3;10H,6-9H2,1-5H3;9H,6-8H2,1-5H3.